The van der Waals surface area contributed by atoms with Gasteiger partial charge in [0.05, 0.1) is 5.69 Å². The number of aryl methyl sites for hydroxylation is 3. The molecule has 2 aliphatic heterocycles. The fraction of sp³-hybridized carbons (Fsp3) is 0.778. The van der Waals surface area contributed by atoms with Crippen molar-refractivity contribution in [2.75, 3.05) is 19.6 Å². The molecule has 128 valence electrons. The van der Waals surface area contributed by atoms with Crippen LogP contribution in [0.25, 0.3) is 0 Å². The molecule has 23 heavy (non-hydrogen) atoms. The van der Waals surface area contributed by atoms with Crippen molar-refractivity contribution in [1.82, 2.24) is 20.0 Å². The standard InChI is InChI=1S/C18H30N4O/c1-14-12-15(2)22(20-14)11-8-18(23)19-13-16-6-5-10-21-9-4-3-7-17(16)21/h12,16-17H,3-11,13H2,1-2H3,(H,19,23). The Balaban J connectivity index is 1.44. The van der Waals surface area contributed by atoms with E-state index in [4.69, 9.17) is 0 Å². The number of nitrogens with zero attached hydrogens (tertiary/aromatic N) is 3. The van der Waals surface area contributed by atoms with Crippen LogP contribution in [0.3, 0.4) is 0 Å². The third-order valence-corrected chi connectivity index (χ3v) is 5.44. The molecule has 2 fully saturated rings. The molecule has 1 aromatic heterocycles. The van der Waals surface area contributed by atoms with Crippen molar-refractivity contribution in [1.29, 1.82) is 0 Å². The SMILES string of the molecule is Cc1cc(C)n(CCC(=O)NCC2CCCN3CCCCC23)n1. The molecule has 0 aromatic carbocycles. The smallest absolute Gasteiger partial charge is 0.221 e. The van der Waals surface area contributed by atoms with Crippen LogP contribution in [-0.2, 0) is 11.3 Å². The minimum absolute atomic E-state index is 0.158. The highest BCUT2D eigenvalue weighted by Crippen LogP contribution is 2.30. The molecule has 0 bridgehead atoms. The minimum Gasteiger partial charge on any atom is -0.356 e. The first-order valence-corrected chi connectivity index (χ1v) is 9.15. The van der Waals surface area contributed by atoms with Crippen molar-refractivity contribution >= 4 is 5.91 Å². The predicted octanol–water partition coefficient (Wildman–Crippen LogP) is 2.27. The van der Waals surface area contributed by atoms with Crippen LogP contribution in [0.1, 0.15) is 49.9 Å². The Morgan fingerprint density at radius 1 is 1.26 bits per heavy atom. The van der Waals surface area contributed by atoms with Gasteiger partial charge in [0.25, 0.3) is 0 Å². The van der Waals surface area contributed by atoms with E-state index in [-0.39, 0.29) is 5.91 Å². The Kier molecular flexibility index (Phi) is 5.36. The van der Waals surface area contributed by atoms with Gasteiger partial charge in [0.1, 0.15) is 0 Å². The molecule has 5 heteroatoms. The Morgan fingerprint density at radius 3 is 2.87 bits per heavy atom. The summed E-state index contributed by atoms with van der Waals surface area (Å²) in [4.78, 5) is 14.8. The van der Waals surface area contributed by atoms with Gasteiger partial charge in [-0.3, -0.25) is 9.48 Å². The lowest BCUT2D eigenvalue weighted by atomic mass is 9.83. The van der Waals surface area contributed by atoms with E-state index in [1.54, 1.807) is 0 Å². The van der Waals surface area contributed by atoms with Gasteiger partial charge in [-0.15, -0.1) is 0 Å². The normalized spacial score (nSPS) is 25.1. The molecule has 2 unspecified atom stereocenters. The van der Waals surface area contributed by atoms with Crippen LogP contribution in [0.5, 0.6) is 0 Å². The Morgan fingerprint density at radius 2 is 2.09 bits per heavy atom. The summed E-state index contributed by atoms with van der Waals surface area (Å²) >= 11 is 0. The maximum Gasteiger partial charge on any atom is 0.221 e. The van der Waals surface area contributed by atoms with E-state index in [1.807, 2.05) is 18.5 Å². The highest BCUT2D eigenvalue weighted by molar-refractivity contribution is 5.75. The van der Waals surface area contributed by atoms with Gasteiger partial charge in [0.15, 0.2) is 0 Å². The number of nitrogens with one attached hydrogen (secondary N) is 1. The van der Waals surface area contributed by atoms with E-state index in [0.717, 1.165) is 17.9 Å². The van der Waals surface area contributed by atoms with E-state index >= 15 is 0 Å². The van der Waals surface area contributed by atoms with Crippen molar-refractivity contribution in [3.63, 3.8) is 0 Å². The number of aromatic nitrogens is 2. The van der Waals surface area contributed by atoms with Crippen molar-refractivity contribution in [3.8, 4) is 0 Å². The molecule has 2 saturated heterocycles. The van der Waals surface area contributed by atoms with Gasteiger partial charge in [-0.1, -0.05) is 6.42 Å². The van der Waals surface area contributed by atoms with Crippen molar-refractivity contribution in [2.45, 2.75) is 65.0 Å². The molecule has 1 N–H and O–H groups in total. The number of carbonyl (C=O) groups is 1. The molecule has 3 heterocycles. The average Bonchev–Trinajstić information content (AvgIpc) is 2.88. The average molecular weight is 318 g/mol. The van der Waals surface area contributed by atoms with Crippen molar-refractivity contribution in [3.05, 3.63) is 17.5 Å². The van der Waals surface area contributed by atoms with Crippen LogP contribution >= 0.6 is 0 Å². The second-order valence-corrected chi connectivity index (χ2v) is 7.21. The maximum atomic E-state index is 12.2. The van der Waals surface area contributed by atoms with Gasteiger partial charge < -0.3 is 10.2 Å². The summed E-state index contributed by atoms with van der Waals surface area (Å²) in [6, 6.07) is 2.76. The largest absolute Gasteiger partial charge is 0.356 e. The van der Waals surface area contributed by atoms with Crippen LogP contribution in [0.4, 0.5) is 0 Å². The Hall–Kier alpha value is -1.36. The number of piperidine rings is 2. The zero-order valence-electron chi connectivity index (χ0n) is 14.6. The summed E-state index contributed by atoms with van der Waals surface area (Å²) in [6.07, 6.45) is 7.07. The third-order valence-electron chi connectivity index (χ3n) is 5.44. The molecule has 0 aliphatic carbocycles. The molecule has 1 aromatic rings. The molecular weight excluding hydrogens is 288 g/mol. The number of hydrogen-bond acceptors (Lipinski definition) is 3. The number of carbonyl (C=O) groups excluding carboxylic acids is 1. The van der Waals surface area contributed by atoms with Crippen LogP contribution in [-0.4, -0.2) is 46.3 Å². The molecule has 5 nitrogen and oxygen atoms in total. The topological polar surface area (TPSA) is 50.2 Å². The lowest BCUT2D eigenvalue weighted by Gasteiger charge is -2.44. The van der Waals surface area contributed by atoms with Crippen molar-refractivity contribution in [2.24, 2.45) is 5.92 Å². The number of amides is 1. The van der Waals surface area contributed by atoms with Crippen LogP contribution < -0.4 is 5.32 Å². The van der Waals surface area contributed by atoms with Crippen molar-refractivity contribution < 1.29 is 4.79 Å². The Labute approximate surface area is 139 Å². The minimum atomic E-state index is 0.158. The Bertz CT molecular complexity index is 537. The van der Waals surface area contributed by atoms with E-state index in [9.17, 15) is 4.79 Å². The second kappa shape index (κ2) is 7.47. The monoisotopic (exact) mass is 318 g/mol. The summed E-state index contributed by atoms with van der Waals surface area (Å²) < 4.78 is 1.93. The first kappa shape index (κ1) is 16.5. The molecular formula is C18H30N4O. The number of rotatable bonds is 5. The van der Waals surface area contributed by atoms with Crippen LogP contribution in [0.2, 0.25) is 0 Å². The first-order valence-electron chi connectivity index (χ1n) is 9.15. The van der Waals surface area contributed by atoms with Crippen LogP contribution in [0.15, 0.2) is 6.07 Å². The lowest BCUT2D eigenvalue weighted by Crippen LogP contribution is -2.51. The second-order valence-electron chi connectivity index (χ2n) is 7.21. The molecule has 2 aliphatic rings. The van der Waals surface area contributed by atoms with Gasteiger partial charge in [-0.25, -0.2) is 0 Å². The highest BCUT2D eigenvalue weighted by Gasteiger charge is 2.32. The van der Waals surface area contributed by atoms with Gasteiger partial charge >= 0.3 is 0 Å². The summed E-state index contributed by atoms with van der Waals surface area (Å²) in [5.74, 6) is 0.798. The van der Waals surface area contributed by atoms with Gasteiger partial charge in [0, 0.05) is 31.2 Å². The number of fused-ring (bicyclic) bond motifs is 1. The van der Waals surface area contributed by atoms with E-state index in [1.165, 1.54) is 45.2 Å². The van der Waals surface area contributed by atoms with Crippen LogP contribution in [0, 0.1) is 19.8 Å². The molecule has 0 spiro atoms. The summed E-state index contributed by atoms with van der Waals surface area (Å²) in [5, 5.41) is 7.59. The fourth-order valence-corrected chi connectivity index (χ4v) is 4.26. The highest BCUT2D eigenvalue weighted by atomic mass is 16.1. The van der Waals surface area contributed by atoms with E-state index in [2.05, 4.69) is 21.4 Å². The predicted molar refractivity (Wildman–Crippen MR) is 91.3 cm³/mol. The lowest BCUT2D eigenvalue weighted by molar-refractivity contribution is -0.121. The molecule has 3 rings (SSSR count). The molecule has 1 amide bonds. The molecule has 0 saturated carbocycles. The maximum absolute atomic E-state index is 12.2. The zero-order valence-corrected chi connectivity index (χ0v) is 14.6. The third kappa shape index (κ3) is 4.14. The summed E-state index contributed by atoms with van der Waals surface area (Å²) in [6.45, 7) is 8.06. The van der Waals surface area contributed by atoms with Gasteiger partial charge in [-0.05, 0) is 64.6 Å². The summed E-state index contributed by atoms with van der Waals surface area (Å²) in [5.41, 5.74) is 2.14. The number of hydrogen-bond donors (Lipinski definition) is 1. The fourth-order valence-electron chi connectivity index (χ4n) is 4.26. The van der Waals surface area contributed by atoms with Gasteiger partial charge in [0.2, 0.25) is 5.91 Å². The summed E-state index contributed by atoms with van der Waals surface area (Å²) in [7, 11) is 0. The first-order chi connectivity index (χ1) is 11.1. The molecule has 0 radical (unpaired) electrons. The van der Waals surface area contributed by atoms with E-state index < -0.39 is 0 Å². The zero-order chi connectivity index (χ0) is 16.2. The van der Waals surface area contributed by atoms with E-state index in [0.29, 0.717) is 24.9 Å². The molecule has 2 atom stereocenters. The van der Waals surface area contributed by atoms with Gasteiger partial charge in [-0.2, -0.15) is 5.10 Å². The quantitative estimate of drug-likeness (QED) is 0.906.